The zero-order valence-corrected chi connectivity index (χ0v) is 15.3. The van der Waals surface area contributed by atoms with Crippen molar-refractivity contribution in [2.24, 2.45) is 5.10 Å². The molecule has 0 spiro atoms. The molecule has 6 nitrogen and oxygen atoms in total. The van der Waals surface area contributed by atoms with Gasteiger partial charge in [-0.3, -0.25) is 4.79 Å². The van der Waals surface area contributed by atoms with E-state index in [1.807, 2.05) is 63.2 Å². The number of benzene rings is 2. The number of nitrogens with one attached hydrogen (secondary N) is 1. The lowest BCUT2D eigenvalue weighted by Gasteiger charge is -2.11. The van der Waals surface area contributed by atoms with Crippen molar-refractivity contribution in [1.29, 1.82) is 0 Å². The molecule has 0 bridgehead atoms. The van der Waals surface area contributed by atoms with Crippen LogP contribution in [0.25, 0.3) is 0 Å². The summed E-state index contributed by atoms with van der Waals surface area (Å²) in [5.41, 5.74) is 4.21. The Morgan fingerprint density at radius 3 is 2.46 bits per heavy atom. The van der Waals surface area contributed by atoms with Gasteiger partial charge in [0.05, 0.1) is 19.4 Å². The second kappa shape index (κ2) is 10.1. The summed E-state index contributed by atoms with van der Waals surface area (Å²) in [4.78, 5) is 11.8. The Labute approximate surface area is 153 Å². The van der Waals surface area contributed by atoms with E-state index < -0.39 is 0 Å². The molecule has 0 heterocycles. The van der Waals surface area contributed by atoms with Crippen LogP contribution in [0.1, 0.15) is 25.0 Å². The number of hydrogen-bond acceptors (Lipinski definition) is 5. The molecule has 1 amide bonds. The van der Waals surface area contributed by atoms with Gasteiger partial charge in [-0.2, -0.15) is 5.10 Å². The highest BCUT2D eigenvalue weighted by Crippen LogP contribution is 2.27. The van der Waals surface area contributed by atoms with Crippen molar-refractivity contribution in [3.05, 3.63) is 53.6 Å². The summed E-state index contributed by atoms with van der Waals surface area (Å²) in [5, 5.41) is 3.95. The van der Waals surface area contributed by atoms with E-state index in [-0.39, 0.29) is 12.5 Å². The number of carbonyl (C=O) groups is 1. The van der Waals surface area contributed by atoms with E-state index in [1.165, 1.54) is 0 Å². The summed E-state index contributed by atoms with van der Waals surface area (Å²) < 4.78 is 16.6. The lowest BCUT2D eigenvalue weighted by molar-refractivity contribution is -0.123. The van der Waals surface area contributed by atoms with Crippen LogP contribution in [0.5, 0.6) is 17.2 Å². The smallest absolute Gasteiger partial charge is 0.277 e. The quantitative estimate of drug-likeness (QED) is 0.553. The van der Waals surface area contributed by atoms with Crippen LogP contribution in [-0.4, -0.2) is 31.9 Å². The number of ether oxygens (including phenoxy) is 3. The molecule has 0 saturated heterocycles. The molecular weight excluding hydrogens is 332 g/mol. The molecule has 1 N–H and O–H groups in total. The van der Waals surface area contributed by atoms with Gasteiger partial charge in [0.2, 0.25) is 0 Å². The molecular formula is C20H24N2O4. The predicted octanol–water partition coefficient (Wildman–Crippen LogP) is 3.32. The van der Waals surface area contributed by atoms with Crippen molar-refractivity contribution in [2.75, 3.05) is 19.8 Å². The van der Waals surface area contributed by atoms with Crippen molar-refractivity contribution in [2.45, 2.75) is 20.8 Å². The molecule has 2 aromatic carbocycles. The van der Waals surface area contributed by atoms with Crippen LogP contribution < -0.4 is 19.6 Å². The zero-order chi connectivity index (χ0) is 18.8. The second-order valence-corrected chi connectivity index (χ2v) is 5.42. The van der Waals surface area contributed by atoms with E-state index in [2.05, 4.69) is 10.5 Å². The molecule has 0 aliphatic carbocycles. The molecule has 2 aromatic rings. The maximum Gasteiger partial charge on any atom is 0.277 e. The van der Waals surface area contributed by atoms with E-state index in [1.54, 1.807) is 6.21 Å². The first-order valence-corrected chi connectivity index (χ1v) is 8.54. The van der Waals surface area contributed by atoms with Crippen LogP contribution >= 0.6 is 0 Å². The molecule has 0 aromatic heterocycles. The van der Waals surface area contributed by atoms with Gasteiger partial charge in [-0.05, 0) is 56.2 Å². The highest BCUT2D eigenvalue weighted by molar-refractivity contribution is 5.83. The van der Waals surface area contributed by atoms with Gasteiger partial charge in [0.15, 0.2) is 18.1 Å². The fraction of sp³-hybridized carbons (Fsp3) is 0.300. The van der Waals surface area contributed by atoms with Gasteiger partial charge >= 0.3 is 0 Å². The highest BCUT2D eigenvalue weighted by Gasteiger charge is 2.06. The number of amides is 1. The summed E-state index contributed by atoms with van der Waals surface area (Å²) in [7, 11) is 0. The van der Waals surface area contributed by atoms with Crippen molar-refractivity contribution in [3.63, 3.8) is 0 Å². The van der Waals surface area contributed by atoms with Gasteiger partial charge in [0.1, 0.15) is 5.75 Å². The molecule has 0 unspecified atom stereocenters. The Bertz CT molecular complexity index is 759. The van der Waals surface area contributed by atoms with E-state index in [0.717, 1.165) is 11.1 Å². The average molecular weight is 356 g/mol. The third kappa shape index (κ3) is 5.81. The van der Waals surface area contributed by atoms with Crippen molar-refractivity contribution < 1.29 is 19.0 Å². The number of rotatable bonds is 9. The largest absolute Gasteiger partial charge is 0.490 e. The lowest BCUT2D eigenvalue weighted by atomic mass is 10.2. The molecule has 0 saturated carbocycles. The van der Waals surface area contributed by atoms with Gasteiger partial charge in [0, 0.05) is 0 Å². The minimum Gasteiger partial charge on any atom is -0.490 e. The third-order valence-corrected chi connectivity index (χ3v) is 3.42. The first-order chi connectivity index (χ1) is 12.6. The summed E-state index contributed by atoms with van der Waals surface area (Å²) in [5.74, 6) is 1.68. The Kier molecular flexibility index (Phi) is 7.49. The van der Waals surface area contributed by atoms with E-state index in [0.29, 0.717) is 30.5 Å². The molecule has 2 rings (SSSR count). The Hall–Kier alpha value is -3.02. The van der Waals surface area contributed by atoms with Crippen LogP contribution in [-0.2, 0) is 4.79 Å². The van der Waals surface area contributed by atoms with Crippen LogP contribution in [0, 0.1) is 6.92 Å². The van der Waals surface area contributed by atoms with Gasteiger partial charge in [-0.25, -0.2) is 5.43 Å². The second-order valence-electron chi connectivity index (χ2n) is 5.42. The van der Waals surface area contributed by atoms with Gasteiger partial charge in [-0.15, -0.1) is 0 Å². The first kappa shape index (κ1) is 19.3. The number of para-hydroxylation sites is 1. The summed E-state index contributed by atoms with van der Waals surface area (Å²) >= 11 is 0. The van der Waals surface area contributed by atoms with Crippen LogP contribution in [0.3, 0.4) is 0 Å². The number of hydrogen-bond donors (Lipinski definition) is 1. The average Bonchev–Trinajstić information content (AvgIpc) is 2.63. The minimum absolute atomic E-state index is 0.102. The fourth-order valence-corrected chi connectivity index (χ4v) is 2.22. The monoisotopic (exact) mass is 356 g/mol. The zero-order valence-electron chi connectivity index (χ0n) is 15.3. The lowest BCUT2D eigenvalue weighted by Crippen LogP contribution is -2.24. The van der Waals surface area contributed by atoms with Gasteiger partial charge in [0.25, 0.3) is 5.91 Å². The predicted molar refractivity (Wildman–Crippen MR) is 101 cm³/mol. The molecule has 6 heteroatoms. The fourth-order valence-electron chi connectivity index (χ4n) is 2.22. The number of aryl methyl sites for hydroxylation is 1. The molecule has 0 aliphatic rings. The topological polar surface area (TPSA) is 69.2 Å². The van der Waals surface area contributed by atoms with E-state index in [9.17, 15) is 4.79 Å². The van der Waals surface area contributed by atoms with E-state index >= 15 is 0 Å². The SMILES string of the molecule is CCOc1ccc(/C=N\NC(=O)COc2ccccc2C)cc1OCC. The third-order valence-electron chi connectivity index (χ3n) is 3.42. The Morgan fingerprint density at radius 1 is 1.00 bits per heavy atom. The van der Waals surface area contributed by atoms with E-state index in [4.69, 9.17) is 14.2 Å². The van der Waals surface area contributed by atoms with Gasteiger partial charge in [-0.1, -0.05) is 18.2 Å². The van der Waals surface area contributed by atoms with Crippen molar-refractivity contribution in [1.82, 2.24) is 5.43 Å². The van der Waals surface area contributed by atoms with Crippen molar-refractivity contribution in [3.8, 4) is 17.2 Å². The minimum atomic E-state index is -0.333. The maximum atomic E-state index is 11.8. The first-order valence-electron chi connectivity index (χ1n) is 8.54. The summed E-state index contributed by atoms with van der Waals surface area (Å²) in [6.45, 7) is 6.74. The molecule has 0 atom stereocenters. The Morgan fingerprint density at radius 2 is 1.73 bits per heavy atom. The molecule has 0 aliphatic heterocycles. The Balaban J connectivity index is 1.90. The van der Waals surface area contributed by atoms with Crippen LogP contribution in [0.15, 0.2) is 47.6 Å². The molecule has 26 heavy (non-hydrogen) atoms. The maximum absolute atomic E-state index is 11.8. The highest BCUT2D eigenvalue weighted by atomic mass is 16.5. The normalized spacial score (nSPS) is 10.6. The number of hydrazone groups is 1. The van der Waals surface area contributed by atoms with Gasteiger partial charge < -0.3 is 14.2 Å². The molecule has 138 valence electrons. The molecule has 0 fully saturated rings. The van der Waals surface area contributed by atoms with Crippen LogP contribution in [0.4, 0.5) is 0 Å². The van der Waals surface area contributed by atoms with Crippen molar-refractivity contribution >= 4 is 12.1 Å². The molecule has 0 radical (unpaired) electrons. The number of nitrogens with zero attached hydrogens (tertiary/aromatic N) is 1. The van der Waals surface area contributed by atoms with Crippen LogP contribution in [0.2, 0.25) is 0 Å². The summed E-state index contributed by atoms with van der Waals surface area (Å²) in [6, 6.07) is 13.0. The number of carbonyl (C=O) groups excluding carboxylic acids is 1. The summed E-state index contributed by atoms with van der Waals surface area (Å²) in [6.07, 6.45) is 1.55. The standard InChI is InChI=1S/C20H24N2O4/c1-4-24-18-11-10-16(12-19(18)25-5-2)13-21-22-20(23)14-26-17-9-7-6-8-15(17)3/h6-13H,4-5,14H2,1-3H3,(H,22,23)/b21-13-.